The minimum Gasteiger partial charge on any atom is -0.245 e. The Labute approximate surface area is 63.7 Å². The number of hydrogen-bond donors (Lipinski definition) is 0. The molecule has 0 fully saturated rings. The van der Waals surface area contributed by atoms with Crippen molar-refractivity contribution in [2.45, 2.75) is 6.42 Å². The molecule has 1 aromatic heterocycles. The fourth-order valence-corrected chi connectivity index (χ4v) is 1.81. The molecule has 0 saturated heterocycles. The van der Waals surface area contributed by atoms with Gasteiger partial charge in [0.05, 0.1) is 11.2 Å². The second-order valence-corrected chi connectivity index (χ2v) is 3.27. The molecule has 10 heavy (non-hydrogen) atoms. The molecular weight excluding hydrogens is 142 g/mol. The number of allylic oxidation sites excluding steroid dienone is 2. The van der Waals surface area contributed by atoms with Gasteiger partial charge >= 0.3 is 0 Å². The van der Waals surface area contributed by atoms with Crippen LogP contribution in [0.3, 0.4) is 0 Å². The number of thiazole rings is 1. The fourth-order valence-electron chi connectivity index (χ4n) is 1.01. The monoisotopic (exact) mass is 149 g/mol. The van der Waals surface area contributed by atoms with Crippen LogP contribution in [-0.4, -0.2) is 4.98 Å². The van der Waals surface area contributed by atoms with Gasteiger partial charge in [0.15, 0.2) is 0 Å². The van der Waals surface area contributed by atoms with Crippen molar-refractivity contribution < 1.29 is 0 Å². The maximum atomic E-state index is 4.18. The van der Waals surface area contributed by atoms with Gasteiger partial charge in [0.2, 0.25) is 0 Å². The quantitative estimate of drug-likeness (QED) is 0.551. The Hall–Kier alpha value is -0.890. The molecule has 0 aliphatic heterocycles. The zero-order valence-electron chi connectivity index (χ0n) is 5.50. The van der Waals surface area contributed by atoms with E-state index in [0.29, 0.717) is 0 Å². The molecule has 2 heteroatoms. The van der Waals surface area contributed by atoms with E-state index in [4.69, 9.17) is 0 Å². The van der Waals surface area contributed by atoms with Crippen LogP contribution in [0.25, 0.3) is 6.08 Å². The summed E-state index contributed by atoms with van der Waals surface area (Å²) in [5.41, 5.74) is 4.18. The Morgan fingerprint density at radius 1 is 1.50 bits per heavy atom. The summed E-state index contributed by atoms with van der Waals surface area (Å²) < 4.78 is 0. The third-order valence-corrected chi connectivity index (χ3v) is 2.39. The number of rotatable bonds is 0. The molecule has 1 heterocycles. The maximum Gasteiger partial charge on any atom is 0.0801 e. The van der Waals surface area contributed by atoms with Crippen molar-refractivity contribution in [2.24, 2.45) is 0 Å². The molecule has 0 atom stereocenters. The summed E-state index contributed by atoms with van der Waals surface area (Å²) in [5.74, 6) is 0. The maximum absolute atomic E-state index is 4.18. The zero-order chi connectivity index (χ0) is 6.97. The molecule has 0 bridgehead atoms. The average Bonchev–Trinajstić information content (AvgIpc) is 2.33. The minimum atomic E-state index is 0.983. The topological polar surface area (TPSA) is 12.9 Å². The van der Waals surface area contributed by atoms with Crippen LogP contribution >= 0.6 is 11.3 Å². The molecule has 0 amide bonds. The first kappa shape index (κ1) is 5.86. The predicted octanol–water partition coefficient (Wildman–Crippen LogP) is 2.27. The van der Waals surface area contributed by atoms with Gasteiger partial charge in [-0.15, -0.1) is 11.3 Å². The summed E-state index contributed by atoms with van der Waals surface area (Å²) in [6.07, 6.45) is 5.04. The van der Waals surface area contributed by atoms with Crippen LogP contribution < -0.4 is 0 Å². The number of fused-ring (bicyclic) bond motifs is 1. The Kier molecular flexibility index (Phi) is 1.21. The van der Waals surface area contributed by atoms with Gasteiger partial charge in [-0.3, -0.25) is 0 Å². The lowest BCUT2D eigenvalue weighted by Gasteiger charge is -2.03. The lowest BCUT2D eigenvalue weighted by atomic mass is 10.1. The molecule has 2 rings (SSSR count). The van der Waals surface area contributed by atoms with E-state index in [2.05, 4.69) is 11.6 Å². The summed E-state index contributed by atoms with van der Waals surface area (Å²) in [6, 6.07) is 0. The highest BCUT2D eigenvalue weighted by Gasteiger charge is 2.07. The molecule has 1 aliphatic carbocycles. The first-order valence-corrected chi connectivity index (χ1v) is 4.02. The van der Waals surface area contributed by atoms with Crippen LogP contribution in [0.2, 0.25) is 0 Å². The Bertz CT molecular complexity index is 296. The fraction of sp³-hybridized carbons (Fsp3) is 0.125. The van der Waals surface area contributed by atoms with Gasteiger partial charge in [-0.05, 0) is 11.6 Å². The number of hydrogen-bond acceptors (Lipinski definition) is 2. The highest BCUT2D eigenvalue weighted by atomic mass is 32.1. The van der Waals surface area contributed by atoms with Crippen LogP contribution in [0.1, 0.15) is 10.6 Å². The normalized spacial score (nSPS) is 15.4. The molecule has 0 N–H and O–H groups in total. The van der Waals surface area contributed by atoms with Crippen molar-refractivity contribution in [1.29, 1.82) is 0 Å². The van der Waals surface area contributed by atoms with Gasteiger partial charge in [0.1, 0.15) is 0 Å². The number of nitrogens with zero attached hydrogens (tertiary/aromatic N) is 1. The smallest absolute Gasteiger partial charge is 0.0801 e. The van der Waals surface area contributed by atoms with Gasteiger partial charge < -0.3 is 0 Å². The highest BCUT2D eigenvalue weighted by Crippen LogP contribution is 2.23. The van der Waals surface area contributed by atoms with E-state index in [0.717, 1.165) is 12.1 Å². The van der Waals surface area contributed by atoms with E-state index in [9.17, 15) is 0 Å². The van der Waals surface area contributed by atoms with Crippen molar-refractivity contribution in [3.05, 3.63) is 34.3 Å². The van der Waals surface area contributed by atoms with Crippen molar-refractivity contribution in [1.82, 2.24) is 4.98 Å². The molecule has 0 saturated carbocycles. The van der Waals surface area contributed by atoms with Gasteiger partial charge in [0, 0.05) is 11.3 Å². The molecular formula is C8H7NS. The molecule has 0 spiro atoms. The van der Waals surface area contributed by atoms with Crippen LogP contribution in [-0.2, 0) is 6.42 Å². The summed E-state index contributed by atoms with van der Waals surface area (Å²) in [6.45, 7) is 3.88. The first-order chi connectivity index (χ1) is 4.86. The first-order valence-electron chi connectivity index (χ1n) is 3.14. The summed E-state index contributed by atoms with van der Waals surface area (Å²) in [4.78, 5) is 5.52. The lowest BCUT2D eigenvalue weighted by molar-refractivity contribution is 1.19. The standard InChI is InChI=1S/C8H7NS/c1-6-2-3-7-8(4-6)10-5-9-7/h2-3,5H,1,4H2. The molecule has 0 unspecified atom stereocenters. The van der Waals surface area contributed by atoms with Crippen LogP contribution in [0.4, 0.5) is 0 Å². The second-order valence-electron chi connectivity index (χ2n) is 2.33. The molecule has 0 radical (unpaired) electrons. The molecule has 50 valence electrons. The molecule has 1 aromatic rings. The van der Waals surface area contributed by atoms with Crippen LogP contribution in [0.5, 0.6) is 0 Å². The molecule has 0 aromatic carbocycles. The van der Waals surface area contributed by atoms with Gasteiger partial charge in [-0.2, -0.15) is 0 Å². The average molecular weight is 149 g/mol. The van der Waals surface area contributed by atoms with Gasteiger partial charge in [-0.1, -0.05) is 12.7 Å². The van der Waals surface area contributed by atoms with Crippen LogP contribution in [0.15, 0.2) is 23.7 Å². The van der Waals surface area contributed by atoms with Gasteiger partial charge in [0.25, 0.3) is 0 Å². The van der Waals surface area contributed by atoms with E-state index in [1.807, 2.05) is 17.7 Å². The Morgan fingerprint density at radius 3 is 3.30 bits per heavy atom. The summed E-state index contributed by atoms with van der Waals surface area (Å²) in [5, 5.41) is 0. The third kappa shape index (κ3) is 0.809. The van der Waals surface area contributed by atoms with Gasteiger partial charge in [-0.25, -0.2) is 4.98 Å². The Balaban J connectivity index is 2.52. The minimum absolute atomic E-state index is 0.983. The van der Waals surface area contributed by atoms with E-state index in [1.54, 1.807) is 11.3 Å². The van der Waals surface area contributed by atoms with Crippen molar-refractivity contribution in [3.8, 4) is 0 Å². The number of aromatic nitrogens is 1. The van der Waals surface area contributed by atoms with E-state index in [1.165, 1.54) is 10.5 Å². The van der Waals surface area contributed by atoms with E-state index >= 15 is 0 Å². The summed E-state index contributed by atoms with van der Waals surface area (Å²) >= 11 is 1.71. The largest absolute Gasteiger partial charge is 0.245 e. The van der Waals surface area contributed by atoms with E-state index < -0.39 is 0 Å². The van der Waals surface area contributed by atoms with Crippen molar-refractivity contribution in [2.75, 3.05) is 0 Å². The van der Waals surface area contributed by atoms with Crippen molar-refractivity contribution in [3.63, 3.8) is 0 Å². The third-order valence-electron chi connectivity index (χ3n) is 1.54. The predicted molar refractivity (Wildman–Crippen MR) is 44.0 cm³/mol. The SMILES string of the molecule is C=C1C=Cc2ncsc2C1. The lowest BCUT2D eigenvalue weighted by Crippen LogP contribution is -1.91. The van der Waals surface area contributed by atoms with Crippen molar-refractivity contribution >= 4 is 17.4 Å². The highest BCUT2D eigenvalue weighted by molar-refractivity contribution is 7.09. The molecule has 1 nitrogen and oxygen atoms in total. The summed E-state index contributed by atoms with van der Waals surface area (Å²) in [7, 11) is 0. The zero-order valence-corrected chi connectivity index (χ0v) is 6.32. The second kappa shape index (κ2) is 2.06. The Morgan fingerprint density at radius 2 is 2.40 bits per heavy atom. The molecule has 1 aliphatic rings. The van der Waals surface area contributed by atoms with Crippen LogP contribution in [0, 0.1) is 0 Å². The van der Waals surface area contributed by atoms with E-state index in [-0.39, 0.29) is 0 Å².